The van der Waals surface area contributed by atoms with E-state index in [1.165, 1.54) is 24.3 Å². The van der Waals surface area contributed by atoms with E-state index in [-0.39, 0.29) is 17.8 Å². The number of nitrogens with one attached hydrogen (secondary N) is 1. The average molecular weight is 570 g/mol. The first kappa shape index (κ1) is 29.5. The summed E-state index contributed by atoms with van der Waals surface area (Å²) in [4.78, 5) is 25.4. The summed E-state index contributed by atoms with van der Waals surface area (Å²) in [6, 6.07) is 18.4. The van der Waals surface area contributed by atoms with Gasteiger partial charge in [0.25, 0.3) is 0 Å². The predicted octanol–water partition coefficient (Wildman–Crippen LogP) is 6.37. The van der Waals surface area contributed by atoms with Crippen LogP contribution < -0.4 is 5.32 Å². The molecule has 2 N–H and O–H groups in total. The molecule has 214 valence electrons. The van der Waals surface area contributed by atoms with Gasteiger partial charge < -0.3 is 15.2 Å². The van der Waals surface area contributed by atoms with Crippen molar-refractivity contribution in [3.05, 3.63) is 118 Å². The normalized spacial score (nSPS) is 12.6. The van der Waals surface area contributed by atoms with Gasteiger partial charge in [0.05, 0.1) is 11.3 Å². The molecule has 1 aromatic heterocycles. The molecule has 41 heavy (non-hydrogen) atoms. The summed E-state index contributed by atoms with van der Waals surface area (Å²) in [6.07, 6.45) is -6.74. The number of aliphatic hydroxyl groups excluding tert-OH is 1. The number of ether oxygens (including phenoxy) is 1. The first-order valence-corrected chi connectivity index (χ1v) is 12.5. The molecule has 4 aromatic rings. The van der Waals surface area contributed by atoms with Gasteiger partial charge in [0.2, 0.25) is 5.78 Å². The molecule has 3 aromatic carbocycles. The van der Waals surface area contributed by atoms with Crippen LogP contribution in [-0.4, -0.2) is 32.4 Å². The number of alkyl halides is 3. The molecule has 11 heteroatoms. The number of carbonyl (C=O) groups is 2. The maximum atomic E-state index is 15.2. The van der Waals surface area contributed by atoms with Gasteiger partial charge in [-0.2, -0.15) is 18.3 Å². The molecule has 0 aliphatic heterocycles. The lowest BCUT2D eigenvalue weighted by molar-refractivity contribution is -0.141. The first-order valence-electron chi connectivity index (χ1n) is 12.5. The molecular formula is C30H27F4N3O4. The van der Waals surface area contributed by atoms with E-state index in [1.54, 1.807) is 57.2 Å². The number of ketones is 1. The van der Waals surface area contributed by atoms with Crippen molar-refractivity contribution in [3.8, 4) is 5.69 Å². The van der Waals surface area contributed by atoms with E-state index in [2.05, 4.69) is 10.4 Å². The lowest BCUT2D eigenvalue weighted by Gasteiger charge is -2.19. The number of nitrogens with zero attached hydrogens (tertiary/aromatic N) is 2. The Morgan fingerprint density at radius 3 is 2.29 bits per heavy atom. The minimum Gasteiger partial charge on any atom is -0.444 e. The number of hydrogen-bond acceptors (Lipinski definition) is 5. The van der Waals surface area contributed by atoms with E-state index in [9.17, 15) is 27.9 Å². The van der Waals surface area contributed by atoms with Gasteiger partial charge in [0.15, 0.2) is 5.69 Å². The Labute approximate surface area is 233 Å². The Kier molecular flexibility index (Phi) is 8.29. The second kappa shape index (κ2) is 11.5. The van der Waals surface area contributed by atoms with E-state index >= 15 is 4.39 Å². The van der Waals surface area contributed by atoms with Crippen molar-refractivity contribution in [1.29, 1.82) is 0 Å². The number of alkyl carbamates (subject to hydrolysis) is 1. The third-order valence-corrected chi connectivity index (χ3v) is 5.89. The van der Waals surface area contributed by atoms with Gasteiger partial charge in [-0.05, 0) is 61.7 Å². The highest BCUT2D eigenvalue weighted by Crippen LogP contribution is 2.31. The van der Waals surface area contributed by atoms with E-state index < -0.39 is 52.5 Å². The fourth-order valence-corrected chi connectivity index (χ4v) is 4.02. The molecule has 0 fully saturated rings. The summed E-state index contributed by atoms with van der Waals surface area (Å²) in [6.45, 7) is 5.08. The standard InChI is InChI=1S/C30H27F4N3O4/c1-29(2,3)41-28(40)35-17-18-8-7-11-21(14-18)37-24(16-25(36-37)30(32,33)34)27(39)22-13-12-20(15-23(22)31)26(38)19-9-5-4-6-10-19/h4-16,26,38H,17H2,1-3H3,(H,35,40). The summed E-state index contributed by atoms with van der Waals surface area (Å²) in [5, 5.41) is 16.7. The quantitative estimate of drug-likeness (QED) is 0.199. The molecular weight excluding hydrogens is 542 g/mol. The van der Waals surface area contributed by atoms with Crippen LogP contribution in [0.1, 0.15) is 65.3 Å². The van der Waals surface area contributed by atoms with Crippen LogP contribution in [-0.2, 0) is 17.5 Å². The highest BCUT2D eigenvalue weighted by Gasteiger charge is 2.36. The van der Waals surface area contributed by atoms with Crippen LogP contribution in [0.5, 0.6) is 0 Å². The van der Waals surface area contributed by atoms with Crippen molar-refractivity contribution in [1.82, 2.24) is 15.1 Å². The van der Waals surface area contributed by atoms with Crippen molar-refractivity contribution in [2.45, 2.75) is 45.2 Å². The molecule has 7 nitrogen and oxygen atoms in total. The molecule has 0 spiro atoms. The van der Waals surface area contributed by atoms with Crippen LogP contribution in [0.4, 0.5) is 22.4 Å². The van der Waals surface area contributed by atoms with Crippen LogP contribution in [0.3, 0.4) is 0 Å². The Hall–Kier alpha value is -4.51. The number of amides is 1. The van der Waals surface area contributed by atoms with Crippen molar-refractivity contribution < 1.29 is 37.0 Å². The van der Waals surface area contributed by atoms with Gasteiger partial charge in [-0.25, -0.2) is 13.9 Å². The molecule has 1 atom stereocenters. The molecule has 0 aliphatic rings. The van der Waals surface area contributed by atoms with Gasteiger partial charge in [0.1, 0.15) is 23.2 Å². The molecule has 0 saturated heterocycles. The van der Waals surface area contributed by atoms with E-state index in [4.69, 9.17) is 4.74 Å². The highest BCUT2D eigenvalue weighted by atomic mass is 19.4. The summed E-state index contributed by atoms with van der Waals surface area (Å²) in [7, 11) is 0. The zero-order valence-corrected chi connectivity index (χ0v) is 22.4. The van der Waals surface area contributed by atoms with Crippen LogP contribution in [0, 0.1) is 5.82 Å². The van der Waals surface area contributed by atoms with E-state index in [0.29, 0.717) is 17.2 Å². The van der Waals surface area contributed by atoms with Crippen LogP contribution >= 0.6 is 0 Å². The first-order chi connectivity index (χ1) is 19.2. The fourth-order valence-electron chi connectivity index (χ4n) is 4.02. The molecule has 1 amide bonds. The van der Waals surface area contributed by atoms with Gasteiger partial charge in [-0.15, -0.1) is 0 Å². The average Bonchev–Trinajstić information content (AvgIpc) is 3.37. The van der Waals surface area contributed by atoms with Gasteiger partial charge in [0, 0.05) is 12.6 Å². The number of halogens is 4. The lowest BCUT2D eigenvalue weighted by atomic mass is 9.98. The minimum atomic E-state index is -4.88. The minimum absolute atomic E-state index is 0.0146. The van der Waals surface area contributed by atoms with Crippen molar-refractivity contribution >= 4 is 11.9 Å². The van der Waals surface area contributed by atoms with Gasteiger partial charge >= 0.3 is 12.3 Å². The molecule has 0 radical (unpaired) electrons. The van der Waals surface area contributed by atoms with Crippen molar-refractivity contribution in [2.24, 2.45) is 0 Å². The maximum Gasteiger partial charge on any atom is 0.435 e. The number of aromatic nitrogens is 2. The maximum absolute atomic E-state index is 15.2. The molecule has 0 aliphatic carbocycles. The topological polar surface area (TPSA) is 93.5 Å². The largest absolute Gasteiger partial charge is 0.444 e. The predicted molar refractivity (Wildman–Crippen MR) is 142 cm³/mol. The zero-order chi connectivity index (χ0) is 29.9. The second-order valence-electron chi connectivity index (χ2n) is 10.2. The van der Waals surface area contributed by atoms with Crippen molar-refractivity contribution in [2.75, 3.05) is 0 Å². The van der Waals surface area contributed by atoms with Gasteiger partial charge in [-0.3, -0.25) is 4.79 Å². The number of benzene rings is 3. The summed E-state index contributed by atoms with van der Waals surface area (Å²) in [5.74, 6) is -2.05. The van der Waals surface area contributed by atoms with Crippen LogP contribution in [0.2, 0.25) is 0 Å². The van der Waals surface area contributed by atoms with E-state index in [1.807, 2.05) is 0 Å². The molecule has 0 bridgehead atoms. The number of hydrogen-bond donors (Lipinski definition) is 2. The fraction of sp³-hybridized carbons (Fsp3) is 0.233. The molecule has 0 saturated carbocycles. The number of rotatable bonds is 7. The van der Waals surface area contributed by atoms with Crippen molar-refractivity contribution in [3.63, 3.8) is 0 Å². The number of carbonyl (C=O) groups excluding carboxylic acids is 2. The molecule has 1 unspecified atom stereocenters. The second-order valence-corrected chi connectivity index (χ2v) is 10.2. The SMILES string of the molecule is CC(C)(C)OC(=O)NCc1cccc(-n2nc(C(F)(F)F)cc2C(=O)c2ccc(C(O)c3ccccc3)cc2F)c1. The molecule has 4 rings (SSSR count). The third kappa shape index (κ3) is 7.17. The summed E-state index contributed by atoms with van der Waals surface area (Å²) < 4.78 is 62.0. The monoisotopic (exact) mass is 569 g/mol. The summed E-state index contributed by atoms with van der Waals surface area (Å²) in [5.41, 5.74) is -1.84. The Morgan fingerprint density at radius 2 is 1.66 bits per heavy atom. The Bertz CT molecular complexity index is 1560. The van der Waals surface area contributed by atoms with E-state index in [0.717, 1.165) is 16.8 Å². The Balaban J connectivity index is 1.66. The number of aliphatic hydroxyl groups is 1. The molecule has 1 heterocycles. The van der Waals surface area contributed by atoms with Gasteiger partial charge in [-0.1, -0.05) is 48.5 Å². The third-order valence-electron chi connectivity index (χ3n) is 5.89. The Morgan fingerprint density at radius 1 is 0.951 bits per heavy atom. The lowest BCUT2D eigenvalue weighted by Crippen LogP contribution is -2.32. The zero-order valence-electron chi connectivity index (χ0n) is 22.4. The van der Waals surface area contributed by atoms with Crippen LogP contribution in [0.25, 0.3) is 5.69 Å². The highest BCUT2D eigenvalue weighted by molar-refractivity contribution is 6.08. The smallest absolute Gasteiger partial charge is 0.435 e. The van der Waals surface area contributed by atoms with Crippen LogP contribution in [0.15, 0.2) is 78.9 Å². The summed E-state index contributed by atoms with van der Waals surface area (Å²) >= 11 is 0.